The van der Waals surface area contributed by atoms with E-state index in [4.69, 9.17) is 4.74 Å². The summed E-state index contributed by atoms with van der Waals surface area (Å²) in [6, 6.07) is 0.415. The average molecular weight is 287 g/mol. The predicted molar refractivity (Wildman–Crippen MR) is 83.5 cm³/mol. The summed E-state index contributed by atoms with van der Waals surface area (Å²) in [5.74, 6) is 3.78. The lowest BCUT2D eigenvalue weighted by Gasteiger charge is -2.36. The summed E-state index contributed by atoms with van der Waals surface area (Å²) in [5, 5.41) is 5.08. The van der Waals surface area contributed by atoms with E-state index in [1.54, 1.807) is 0 Å². The molecule has 1 fully saturated rings. The van der Waals surface area contributed by atoms with Gasteiger partial charge in [-0.05, 0) is 31.9 Å². The summed E-state index contributed by atoms with van der Waals surface area (Å²) in [6.07, 6.45) is 5.84. The molecule has 0 aliphatic carbocycles. The Morgan fingerprint density at radius 3 is 2.94 bits per heavy atom. The smallest absolute Gasteiger partial charge is 0.110 e. The van der Waals surface area contributed by atoms with Crippen LogP contribution in [0.15, 0.2) is 11.8 Å². The average Bonchev–Trinajstić information content (AvgIpc) is 2.42. The van der Waals surface area contributed by atoms with Crippen molar-refractivity contribution in [1.82, 2.24) is 5.32 Å². The molecule has 0 saturated carbocycles. The third-order valence-corrected chi connectivity index (χ3v) is 6.64. The molecule has 0 spiro atoms. The molecule has 104 valence electrons. The highest BCUT2D eigenvalue weighted by atomic mass is 32.2. The van der Waals surface area contributed by atoms with Crippen molar-refractivity contribution < 1.29 is 4.74 Å². The molecule has 3 unspecified atom stereocenters. The topological polar surface area (TPSA) is 21.3 Å². The molecule has 4 heteroatoms. The van der Waals surface area contributed by atoms with Crippen molar-refractivity contribution in [3.05, 3.63) is 11.8 Å². The molecule has 2 aliphatic rings. The Bertz CT molecular complexity index is 283. The first-order valence-electron chi connectivity index (χ1n) is 7.12. The van der Waals surface area contributed by atoms with E-state index in [0.29, 0.717) is 16.5 Å². The highest BCUT2D eigenvalue weighted by Crippen LogP contribution is 2.35. The Balaban J connectivity index is 2.05. The molecule has 0 amide bonds. The first-order valence-corrected chi connectivity index (χ1v) is 9.22. The predicted octanol–water partition coefficient (Wildman–Crippen LogP) is 3.29. The van der Waals surface area contributed by atoms with Crippen LogP contribution < -0.4 is 5.32 Å². The summed E-state index contributed by atoms with van der Waals surface area (Å²) >= 11 is 4.23. The maximum atomic E-state index is 5.91. The second-order valence-corrected chi connectivity index (χ2v) is 7.71. The molecule has 1 saturated heterocycles. The molecule has 0 radical (unpaired) electrons. The zero-order valence-corrected chi connectivity index (χ0v) is 13.1. The van der Waals surface area contributed by atoms with Gasteiger partial charge >= 0.3 is 0 Å². The van der Waals surface area contributed by atoms with Gasteiger partial charge in [-0.2, -0.15) is 23.5 Å². The van der Waals surface area contributed by atoms with Crippen LogP contribution >= 0.6 is 23.5 Å². The summed E-state index contributed by atoms with van der Waals surface area (Å²) in [4.78, 5) is 0. The minimum atomic E-state index is 0.415. The van der Waals surface area contributed by atoms with E-state index in [9.17, 15) is 0 Å². The first kappa shape index (κ1) is 14.6. The highest BCUT2D eigenvalue weighted by Gasteiger charge is 2.33. The van der Waals surface area contributed by atoms with Gasteiger partial charge in [0.05, 0.1) is 12.6 Å². The highest BCUT2D eigenvalue weighted by molar-refractivity contribution is 8.07. The van der Waals surface area contributed by atoms with E-state index in [-0.39, 0.29) is 0 Å². The standard InChI is InChI=1S/C14H25NOS2/c1-3-7-15-13(12-6-4-5-8-16-12)14-11(2)17-9-10-18-14/h6,11,13-15H,3-5,7-10H2,1-2H3. The van der Waals surface area contributed by atoms with Gasteiger partial charge in [-0.3, -0.25) is 0 Å². The molecule has 1 N–H and O–H groups in total. The summed E-state index contributed by atoms with van der Waals surface area (Å²) < 4.78 is 5.91. The molecule has 0 aromatic heterocycles. The van der Waals surface area contributed by atoms with Gasteiger partial charge in [0.1, 0.15) is 5.76 Å². The molecule has 0 aromatic rings. The van der Waals surface area contributed by atoms with Crippen molar-refractivity contribution in [2.24, 2.45) is 0 Å². The number of ether oxygens (including phenoxy) is 1. The van der Waals surface area contributed by atoms with Crippen LogP contribution in [0.3, 0.4) is 0 Å². The van der Waals surface area contributed by atoms with Crippen LogP contribution in [0.5, 0.6) is 0 Å². The van der Waals surface area contributed by atoms with Crippen molar-refractivity contribution in [2.45, 2.75) is 49.7 Å². The second-order valence-electron chi connectivity index (χ2n) is 4.94. The van der Waals surface area contributed by atoms with E-state index < -0.39 is 0 Å². The van der Waals surface area contributed by atoms with Gasteiger partial charge in [0.15, 0.2) is 0 Å². The maximum Gasteiger partial charge on any atom is 0.110 e. The molecule has 0 bridgehead atoms. The van der Waals surface area contributed by atoms with Crippen LogP contribution in [-0.4, -0.2) is 41.2 Å². The van der Waals surface area contributed by atoms with Crippen LogP contribution in [-0.2, 0) is 4.74 Å². The van der Waals surface area contributed by atoms with Gasteiger partial charge < -0.3 is 10.1 Å². The zero-order chi connectivity index (χ0) is 12.8. The van der Waals surface area contributed by atoms with Gasteiger partial charge in [-0.15, -0.1) is 0 Å². The van der Waals surface area contributed by atoms with Crippen molar-refractivity contribution in [3.63, 3.8) is 0 Å². The Kier molecular flexibility index (Phi) is 6.25. The third-order valence-electron chi connectivity index (χ3n) is 3.45. The van der Waals surface area contributed by atoms with Gasteiger partial charge in [0, 0.05) is 22.0 Å². The minimum absolute atomic E-state index is 0.415. The molecule has 2 rings (SSSR count). The van der Waals surface area contributed by atoms with Crippen LogP contribution in [0.4, 0.5) is 0 Å². The quantitative estimate of drug-likeness (QED) is 0.837. The molecule has 2 heterocycles. The van der Waals surface area contributed by atoms with E-state index in [2.05, 4.69) is 48.8 Å². The Morgan fingerprint density at radius 1 is 1.44 bits per heavy atom. The SMILES string of the molecule is CCCNC(C1=CCCCO1)C1SCCSC1C. The molecule has 3 atom stereocenters. The van der Waals surface area contributed by atoms with Gasteiger partial charge in [-0.1, -0.05) is 13.8 Å². The summed E-state index contributed by atoms with van der Waals surface area (Å²) in [5.41, 5.74) is 0. The van der Waals surface area contributed by atoms with E-state index in [1.807, 2.05) is 0 Å². The third kappa shape index (κ3) is 3.84. The van der Waals surface area contributed by atoms with Crippen LogP contribution in [0.25, 0.3) is 0 Å². The van der Waals surface area contributed by atoms with Crippen LogP contribution in [0, 0.1) is 0 Å². The molecule has 2 aliphatic heterocycles. The number of rotatable bonds is 5. The van der Waals surface area contributed by atoms with Crippen molar-refractivity contribution in [2.75, 3.05) is 24.7 Å². The Hall–Kier alpha value is 0.200. The molecule has 18 heavy (non-hydrogen) atoms. The van der Waals surface area contributed by atoms with E-state index in [0.717, 1.165) is 13.2 Å². The summed E-state index contributed by atoms with van der Waals surface area (Å²) in [6.45, 7) is 6.58. The molecule has 0 aromatic carbocycles. The molecular weight excluding hydrogens is 262 g/mol. The van der Waals surface area contributed by atoms with Crippen LogP contribution in [0.1, 0.15) is 33.1 Å². The van der Waals surface area contributed by atoms with E-state index >= 15 is 0 Å². The Morgan fingerprint density at radius 2 is 2.28 bits per heavy atom. The maximum absolute atomic E-state index is 5.91. The normalized spacial score (nSPS) is 30.4. The minimum Gasteiger partial charge on any atom is -0.497 e. The lowest BCUT2D eigenvalue weighted by molar-refractivity contribution is 0.166. The largest absolute Gasteiger partial charge is 0.497 e. The van der Waals surface area contributed by atoms with Gasteiger partial charge in [0.2, 0.25) is 0 Å². The monoisotopic (exact) mass is 287 g/mol. The van der Waals surface area contributed by atoms with Crippen molar-refractivity contribution in [1.29, 1.82) is 0 Å². The lowest BCUT2D eigenvalue weighted by atomic mass is 10.1. The number of thioether (sulfide) groups is 2. The fourth-order valence-corrected chi connectivity index (χ4v) is 5.41. The fourth-order valence-electron chi connectivity index (χ4n) is 2.49. The first-order chi connectivity index (χ1) is 8.83. The van der Waals surface area contributed by atoms with Crippen LogP contribution in [0.2, 0.25) is 0 Å². The summed E-state index contributed by atoms with van der Waals surface area (Å²) in [7, 11) is 0. The lowest BCUT2D eigenvalue weighted by Crippen LogP contribution is -2.46. The molecular formula is C14H25NOS2. The van der Waals surface area contributed by atoms with Crippen molar-refractivity contribution >= 4 is 23.5 Å². The van der Waals surface area contributed by atoms with Gasteiger partial charge in [0.25, 0.3) is 0 Å². The zero-order valence-electron chi connectivity index (χ0n) is 11.5. The number of nitrogens with one attached hydrogen (secondary N) is 1. The molecule has 2 nitrogen and oxygen atoms in total. The van der Waals surface area contributed by atoms with Crippen molar-refractivity contribution in [3.8, 4) is 0 Å². The fraction of sp³-hybridized carbons (Fsp3) is 0.857. The van der Waals surface area contributed by atoms with Gasteiger partial charge in [-0.25, -0.2) is 0 Å². The Labute approximate surface area is 120 Å². The second kappa shape index (κ2) is 7.71. The number of hydrogen-bond donors (Lipinski definition) is 1. The number of hydrogen-bond acceptors (Lipinski definition) is 4. The number of allylic oxidation sites excluding steroid dienone is 1. The van der Waals surface area contributed by atoms with E-state index in [1.165, 1.54) is 36.5 Å².